The van der Waals surface area contributed by atoms with Crippen LogP contribution in [0.2, 0.25) is 0 Å². The average molecular weight is 233 g/mol. The number of hydrogen-bond donors (Lipinski definition) is 0. The van der Waals surface area contributed by atoms with Crippen molar-refractivity contribution in [3.05, 3.63) is 42.0 Å². The van der Waals surface area contributed by atoms with E-state index in [0.29, 0.717) is 5.75 Å². The first-order chi connectivity index (χ1) is 8.15. The number of halogens is 1. The van der Waals surface area contributed by atoms with Gasteiger partial charge in [0.15, 0.2) is 0 Å². The third-order valence-electron chi connectivity index (χ3n) is 2.15. The molecule has 2 rings (SSSR count). The number of hydrogen-bond acceptors (Lipinski definition) is 4. The van der Waals surface area contributed by atoms with E-state index in [0.717, 1.165) is 5.69 Å². The molecular weight excluding hydrogens is 221 g/mol. The number of rotatable bonds is 3. The summed E-state index contributed by atoms with van der Waals surface area (Å²) in [6.45, 7) is 3.99. The summed E-state index contributed by atoms with van der Waals surface area (Å²) in [6, 6.07) is 5.93. The largest absolute Gasteiger partial charge is 0.423 e. The van der Waals surface area contributed by atoms with E-state index >= 15 is 0 Å². The number of nitrogens with zero attached hydrogens (tertiary/aromatic N) is 3. The van der Waals surface area contributed by atoms with Crippen molar-refractivity contribution in [2.45, 2.75) is 19.8 Å². The molecule has 0 atom stereocenters. The van der Waals surface area contributed by atoms with Gasteiger partial charge < -0.3 is 4.74 Å². The Labute approximate surface area is 98.5 Å². The molecule has 17 heavy (non-hydrogen) atoms. The van der Waals surface area contributed by atoms with Gasteiger partial charge in [-0.1, -0.05) is 25.0 Å². The van der Waals surface area contributed by atoms with Gasteiger partial charge in [-0.3, -0.25) is 0 Å². The highest BCUT2D eigenvalue weighted by Gasteiger charge is 2.06. The maximum Gasteiger partial charge on any atom is 0.341 e. The second-order valence-corrected chi connectivity index (χ2v) is 3.88. The van der Waals surface area contributed by atoms with E-state index in [1.165, 1.54) is 12.1 Å². The van der Waals surface area contributed by atoms with Crippen molar-refractivity contribution in [2.24, 2.45) is 0 Å². The van der Waals surface area contributed by atoms with E-state index in [1.807, 2.05) is 13.8 Å². The molecule has 2 aromatic rings. The van der Waals surface area contributed by atoms with Crippen molar-refractivity contribution in [2.75, 3.05) is 0 Å². The van der Waals surface area contributed by atoms with Crippen LogP contribution in [0.25, 0.3) is 0 Å². The lowest BCUT2D eigenvalue weighted by molar-refractivity contribution is 0.425. The van der Waals surface area contributed by atoms with Gasteiger partial charge in [-0.15, -0.1) is 0 Å². The number of aromatic nitrogens is 3. The fraction of sp³-hybridized carbons (Fsp3) is 0.250. The highest BCUT2D eigenvalue weighted by molar-refractivity contribution is 5.25. The van der Waals surface area contributed by atoms with Crippen LogP contribution in [0.15, 0.2) is 30.5 Å². The van der Waals surface area contributed by atoms with Crippen molar-refractivity contribution < 1.29 is 9.13 Å². The lowest BCUT2D eigenvalue weighted by Crippen LogP contribution is -2.00. The molecule has 0 aliphatic carbocycles. The summed E-state index contributed by atoms with van der Waals surface area (Å²) in [5, 5.41) is 7.53. The first kappa shape index (κ1) is 11.4. The lowest BCUT2D eigenvalue weighted by Gasteiger charge is -2.06. The molecule has 5 heteroatoms. The molecule has 0 aliphatic heterocycles. The normalized spacial score (nSPS) is 10.6. The zero-order chi connectivity index (χ0) is 12.3. The van der Waals surface area contributed by atoms with Crippen molar-refractivity contribution in [1.82, 2.24) is 15.2 Å². The summed E-state index contributed by atoms with van der Waals surface area (Å²) in [7, 11) is 0. The molecule has 0 spiro atoms. The van der Waals surface area contributed by atoms with Crippen LogP contribution >= 0.6 is 0 Å². The molecule has 1 heterocycles. The van der Waals surface area contributed by atoms with Gasteiger partial charge in [0.1, 0.15) is 11.6 Å². The molecule has 0 saturated heterocycles. The van der Waals surface area contributed by atoms with Crippen LogP contribution in [0.1, 0.15) is 25.5 Å². The second kappa shape index (κ2) is 4.86. The van der Waals surface area contributed by atoms with E-state index in [-0.39, 0.29) is 17.7 Å². The van der Waals surface area contributed by atoms with Crippen LogP contribution in [-0.2, 0) is 0 Å². The van der Waals surface area contributed by atoms with Crippen molar-refractivity contribution in [3.8, 4) is 11.8 Å². The first-order valence-corrected chi connectivity index (χ1v) is 5.28. The van der Waals surface area contributed by atoms with E-state index in [2.05, 4.69) is 15.2 Å². The van der Waals surface area contributed by atoms with Crippen molar-refractivity contribution in [1.29, 1.82) is 0 Å². The molecule has 0 amide bonds. The minimum atomic E-state index is -0.365. The maximum absolute atomic E-state index is 12.9. The summed E-state index contributed by atoms with van der Waals surface area (Å²) >= 11 is 0. The summed E-state index contributed by atoms with van der Waals surface area (Å²) in [5.74, 6) is 0.225. The predicted molar refractivity (Wildman–Crippen MR) is 60.4 cm³/mol. The highest BCUT2D eigenvalue weighted by atomic mass is 19.1. The van der Waals surface area contributed by atoms with Gasteiger partial charge in [-0.25, -0.2) is 4.39 Å². The molecule has 88 valence electrons. The van der Waals surface area contributed by atoms with Gasteiger partial charge in [0.25, 0.3) is 0 Å². The molecule has 1 aromatic heterocycles. The molecule has 0 bridgehead atoms. The van der Waals surface area contributed by atoms with Crippen LogP contribution in [0.3, 0.4) is 0 Å². The van der Waals surface area contributed by atoms with Gasteiger partial charge in [0, 0.05) is 6.07 Å². The molecular formula is C12H12FN3O. The van der Waals surface area contributed by atoms with Crippen LogP contribution in [0.4, 0.5) is 4.39 Å². The molecule has 4 nitrogen and oxygen atoms in total. The second-order valence-electron chi connectivity index (χ2n) is 3.88. The fourth-order valence-corrected chi connectivity index (χ4v) is 1.26. The Morgan fingerprint density at radius 2 is 2.12 bits per heavy atom. The maximum atomic E-state index is 12.9. The Morgan fingerprint density at radius 3 is 2.82 bits per heavy atom. The SMILES string of the molecule is CC(C)c1cnnc(Oc2cccc(F)c2)n1. The van der Waals surface area contributed by atoms with Gasteiger partial charge in [-0.2, -0.15) is 10.1 Å². The van der Waals surface area contributed by atoms with Crippen LogP contribution < -0.4 is 4.74 Å². The first-order valence-electron chi connectivity index (χ1n) is 5.28. The van der Waals surface area contributed by atoms with Gasteiger partial charge in [0.2, 0.25) is 0 Å². The molecule has 0 N–H and O–H groups in total. The summed E-state index contributed by atoms with van der Waals surface area (Å²) in [6.07, 6.45) is 1.59. The van der Waals surface area contributed by atoms with E-state index in [9.17, 15) is 4.39 Å². The Kier molecular flexibility index (Phi) is 3.27. The average Bonchev–Trinajstić information content (AvgIpc) is 2.29. The van der Waals surface area contributed by atoms with Crippen molar-refractivity contribution >= 4 is 0 Å². The van der Waals surface area contributed by atoms with E-state index in [1.54, 1.807) is 18.3 Å². The Hall–Kier alpha value is -2.04. The predicted octanol–water partition coefficient (Wildman–Crippen LogP) is 2.93. The quantitative estimate of drug-likeness (QED) is 0.817. The zero-order valence-corrected chi connectivity index (χ0v) is 9.59. The van der Waals surface area contributed by atoms with Crippen LogP contribution in [0.5, 0.6) is 11.8 Å². The molecule has 0 radical (unpaired) electrons. The Morgan fingerprint density at radius 1 is 1.29 bits per heavy atom. The lowest BCUT2D eigenvalue weighted by atomic mass is 10.1. The summed E-state index contributed by atoms with van der Waals surface area (Å²) < 4.78 is 18.3. The Balaban J connectivity index is 2.21. The minimum absolute atomic E-state index is 0.127. The standard InChI is InChI=1S/C12H12FN3O/c1-8(2)11-7-14-16-12(15-11)17-10-5-3-4-9(13)6-10/h3-8H,1-2H3. The zero-order valence-electron chi connectivity index (χ0n) is 9.59. The van der Waals surface area contributed by atoms with E-state index < -0.39 is 0 Å². The molecule has 0 unspecified atom stereocenters. The van der Waals surface area contributed by atoms with E-state index in [4.69, 9.17) is 4.74 Å². The summed E-state index contributed by atoms with van der Waals surface area (Å²) in [4.78, 5) is 4.18. The minimum Gasteiger partial charge on any atom is -0.423 e. The van der Waals surface area contributed by atoms with Crippen LogP contribution in [-0.4, -0.2) is 15.2 Å². The highest BCUT2D eigenvalue weighted by Crippen LogP contribution is 2.19. The molecule has 0 saturated carbocycles. The number of ether oxygens (including phenoxy) is 1. The van der Waals surface area contributed by atoms with Gasteiger partial charge in [0.05, 0.1) is 11.9 Å². The topological polar surface area (TPSA) is 47.9 Å². The van der Waals surface area contributed by atoms with Crippen molar-refractivity contribution in [3.63, 3.8) is 0 Å². The Bertz CT molecular complexity index is 517. The monoisotopic (exact) mass is 233 g/mol. The summed E-state index contributed by atoms with van der Waals surface area (Å²) in [5.41, 5.74) is 0.784. The molecule has 0 fully saturated rings. The van der Waals surface area contributed by atoms with Gasteiger partial charge >= 0.3 is 6.01 Å². The smallest absolute Gasteiger partial charge is 0.341 e. The van der Waals surface area contributed by atoms with Gasteiger partial charge in [-0.05, 0) is 18.1 Å². The third kappa shape index (κ3) is 2.96. The number of benzene rings is 1. The fourth-order valence-electron chi connectivity index (χ4n) is 1.26. The third-order valence-corrected chi connectivity index (χ3v) is 2.15. The van der Waals surface area contributed by atoms with Crippen LogP contribution in [0, 0.1) is 5.82 Å². The molecule has 0 aliphatic rings. The molecule has 1 aromatic carbocycles.